The summed E-state index contributed by atoms with van der Waals surface area (Å²) >= 11 is 0. The Morgan fingerprint density at radius 1 is 1.13 bits per heavy atom. The SMILES string of the molecule is CC(=O)N1c2ccc(S(=O)(=O)NCCC(=O)NCCc3cccc(C)c3)cc2C[C@@H]1C. The molecule has 3 rings (SSSR count). The number of carbonyl (C=O) groups excluding carboxylic acids is 2. The number of sulfonamides is 1. The molecule has 1 heterocycles. The highest BCUT2D eigenvalue weighted by atomic mass is 32.2. The number of rotatable bonds is 8. The van der Waals surface area contributed by atoms with Crippen molar-refractivity contribution >= 4 is 27.5 Å². The van der Waals surface area contributed by atoms with Crippen molar-refractivity contribution in [3.8, 4) is 0 Å². The topological polar surface area (TPSA) is 95.6 Å². The molecule has 8 heteroatoms. The molecule has 2 amide bonds. The van der Waals surface area contributed by atoms with E-state index < -0.39 is 10.0 Å². The van der Waals surface area contributed by atoms with Crippen LogP contribution in [-0.2, 0) is 32.5 Å². The molecule has 7 nitrogen and oxygen atoms in total. The zero-order chi connectivity index (χ0) is 22.6. The van der Waals surface area contributed by atoms with Crippen LogP contribution < -0.4 is 14.9 Å². The number of aryl methyl sites for hydroxylation is 1. The van der Waals surface area contributed by atoms with Gasteiger partial charge in [-0.25, -0.2) is 13.1 Å². The van der Waals surface area contributed by atoms with Crippen molar-refractivity contribution in [1.29, 1.82) is 0 Å². The fourth-order valence-corrected chi connectivity index (χ4v) is 5.02. The average molecular weight is 444 g/mol. The van der Waals surface area contributed by atoms with Gasteiger partial charge in [0.15, 0.2) is 0 Å². The summed E-state index contributed by atoms with van der Waals surface area (Å²) in [4.78, 5) is 25.7. The fourth-order valence-electron chi connectivity index (χ4n) is 3.94. The minimum atomic E-state index is -3.73. The number of hydrogen-bond donors (Lipinski definition) is 2. The van der Waals surface area contributed by atoms with Crippen LogP contribution in [0.5, 0.6) is 0 Å². The normalized spacial score (nSPS) is 15.6. The molecule has 0 aromatic heterocycles. The predicted molar refractivity (Wildman–Crippen MR) is 120 cm³/mol. The molecule has 31 heavy (non-hydrogen) atoms. The van der Waals surface area contributed by atoms with Crippen molar-refractivity contribution in [3.05, 3.63) is 59.2 Å². The summed E-state index contributed by atoms with van der Waals surface area (Å²) in [5.41, 5.74) is 3.91. The number of fused-ring (bicyclic) bond motifs is 1. The average Bonchev–Trinajstić information content (AvgIpc) is 3.03. The molecular weight excluding hydrogens is 414 g/mol. The van der Waals surface area contributed by atoms with Crippen LogP contribution in [0.1, 0.15) is 37.0 Å². The second kappa shape index (κ2) is 9.62. The van der Waals surface area contributed by atoms with Crippen LogP contribution in [0.25, 0.3) is 0 Å². The molecule has 1 aliphatic rings. The van der Waals surface area contributed by atoms with Crippen LogP contribution in [0, 0.1) is 6.92 Å². The molecule has 0 fully saturated rings. The van der Waals surface area contributed by atoms with Crippen molar-refractivity contribution in [3.63, 3.8) is 0 Å². The first-order valence-corrected chi connectivity index (χ1v) is 11.9. The zero-order valence-corrected chi connectivity index (χ0v) is 19.0. The Morgan fingerprint density at radius 2 is 1.90 bits per heavy atom. The van der Waals surface area contributed by atoms with E-state index in [9.17, 15) is 18.0 Å². The quantitative estimate of drug-likeness (QED) is 0.655. The van der Waals surface area contributed by atoms with Crippen molar-refractivity contribution in [2.45, 2.75) is 51.0 Å². The maximum Gasteiger partial charge on any atom is 0.240 e. The highest BCUT2D eigenvalue weighted by Crippen LogP contribution is 2.33. The first-order chi connectivity index (χ1) is 14.7. The van der Waals surface area contributed by atoms with Crippen LogP contribution >= 0.6 is 0 Å². The number of hydrogen-bond acceptors (Lipinski definition) is 4. The van der Waals surface area contributed by atoms with Gasteiger partial charge in [-0.15, -0.1) is 0 Å². The van der Waals surface area contributed by atoms with E-state index >= 15 is 0 Å². The van der Waals surface area contributed by atoms with Gasteiger partial charge in [-0.2, -0.15) is 0 Å². The highest BCUT2D eigenvalue weighted by Gasteiger charge is 2.30. The maximum absolute atomic E-state index is 12.6. The highest BCUT2D eigenvalue weighted by molar-refractivity contribution is 7.89. The van der Waals surface area contributed by atoms with E-state index in [1.807, 2.05) is 32.0 Å². The largest absolute Gasteiger partial charge is 0.356 e. The number of benzene rings is 2. The van der Waals surface area contributed by atoms with E-state index in [-0.39, 0.29) is 35.7 Å². The van der Waals surface area contributed by atoms with Gasteiger partial charge >= 0.3 is 0 Å². The first-order valence-electron chi connectivity index (χ1n) is 10.4. The number of anilines is 1. The number of amides is 2. The van der Waals surface area contributed by atoms with E-state index in [1.165, 1.54) is 18.6 Å². The minimum absolute atomic E-state index is 0.00177. The molecule has 0 spiro atoms. The van der Waals surface area contributed by atoms with Crippen LogP contribution in [-0.4, -0.2) is 39.4 Å². The molecule has 0 radical (unpaired) electrons. The molecule has 0 aliphatic carbocycles. The Morgan fingerprint density at radius 3 is 2.61 bits per heavy atom. The summed E-state index contributed by atoms with van der Waals surface area (Å²) < 4.78 is 27.7. The lowest BCUT2D eigenvalue weighted by molar-refractivity contribution is -0.121. The lowest BCUT2D eigenvalue weighted by atomic mass is 10.1. The molecule has 0 saturated heterocycles. The molecule has 1 atom stereocenters. The molecule has 2 aromatic rings. The van der Waals surface area contributed by atoms with Crippen molar-refractivity contribution < 1.29 is 18.0 Å². The predicted octanol–water partition coefficient (Wildman–Crippen LogP) is 2.32. The first kappa shape index (κ1) is 23.0. The third-order valence-electron chi connectivity index (χ3n) is 5.38. The van der Waals surface area contributed by atoms with Crippen LogP contribution in [0.15, 0.2) is 47.4 Å². The molecule has 2 aromatic carbocycles. The standard InChI is InChI=1S/C23H29N3O4S/c1-16-5-4-6-19(13-16)9-11-24-23(28)10-12-25-31(29,30)21-7-8-22-20(15-21)14-17(2)26(22)18(3)27/h4-8,13,15,17,25H,9-12,14H2,1-3H3,(H,24,28)/t17-/m0/s1. The minimum Gasteiger partial charge on any atom is -0.356 e. The van der Waals surface area contributed by atoms with Crippen molar-refractivity contribution in [2.24, 2.45) is 0 Å². The van der Waals surface area contributed by atoms with E-state index in [2.05, 4.69) is 16.1 Å². The van der Waals surface area contributed by atoms with E-state index in [4.69, 9.17) is 0 Å². The second-order valence-corrected chi connectivity index (χ2v) is 9.74. The van der Waals surface area contributed by atoms with Gasteiger partial charge in [-0.05, 0) is 56.0 Å². The summed E-state index contributed by atoms with van der Waals surface area (Å²) in [5, 5.41) is 2.82. The molecule has 1 aliphatic heterocycles. The fraction of sp³-hybridized carbons (Fsp3) is 0.391. The van der Waals surface area contributed by atoms with Crippen LogP contribution in [0.4, 0.5) is 5.69 Å². The summed E-state index contributed by atoms with van der Waals surface area (Å²) in [6.07, 6.45) is 1.40. The van der Waals surface area contributed by atoms with E-state index in [0.29, 0.717) is 13.0 Å². The van der Waals surface area contributed by atoms with Gasteiger partial charge in [-0.3, -0.25) is 9.59 Å². The molecule has 166 valence electrons. The molecule has 0 saturated carbocycles. The summed E-state index contributed by atoms with van der Waals surface area (Å²) in [5.74, 6) is -0.261. The van der Waals surface area contributed by atoms with Gasteiger partial charge in [0.1, 0.15) is 0 Å². The van der Waals surface area contributed by atoms with Crippen LogP contribution in [0.3, 0.4) is 0 Å². The monoisotopic (exact) mass is 443 g/mol. The Kier molecular flexibility index (Phi) is 7.12. The van der Waals surface area contributed by atoms with Gasteiger partial charge in [0.25, 0.3) is 0 Å². The molecule has 0 bridgehead atoms. The van der Waals surface area contributed by atoms with E-state index in [0.717, 1.165) is 23.2 Å². The van der Waals surface area contributed by atoms with Gasteiger partial charge in [-0.1, -0.05) is 29.8 Å². The Bertz CT molecular complexity index is 1080. The maximum atomic E-state index is 12.6. The summed E-state index contributed by atoms with van der Waals surface area (Å²) in [7, 11) is -3.73. The third kappa shape index (κ3) is 5.71. The lowest BCUT2D eigenvalue weighted by Crippen LogP contribution is -2.33. The number of carbonyl (C=O) groups is 2. The van der Waals surface area contributed by atoms with Gasteiger partial charge in [0.2, 0.25) is 21.8 Å². The van der Waals surface area contributed by atoms with Crippen molar-refractivity contribution in [2.75, 3.05) is 18.0 Å². The Labute approximate surface area is 183 Å². The molecule has 2 N–H and O–H groups in total. The number of nitrogens with zero attached hydrogens (tertiary/aromatic N) is 1. The van der Waals surface area contributed by atoms with Crippen LogP contribution in [0.2, 0.25) is 0 Å². The van der Waals surface area contributed by atoms with Crippen molar-refractivity contribution in [1.82, 2.24) is 10.0 Å². The lowest BCUT2D eigenvalue weighted by Gasteiger charge is -2.20. The Balaban J connectivity index is 1.49. The molecule has 0 unspecified atom stereocenters. The number of nitrogens with one attached hydrogen (secondary N) is 2. The van der Waals surface area contributed by atoms with Gasteiger partial charge in [0, 0.05) is 38.2 Å². The zero-order valence-electron chi connectivity index (χ0n) is 18.1. The third-order valence-corrected chi connectivity index (χ3v) is 6.84. The summed E-state index contributed by atoms with van der Waals surface area (Å²) in [6, 6.07) is 12.9. The Hall–Kier alpha value is -2.71. The molecular formula is C23H29N3O4S. The smallest absolute Gasteiger partial charge is 0.240 e. The van der Waals surface area contributed by atoms with Gasteiger partial charge < -0.3 is 10.2 Å². The van der Waals surface area contributed by atoms with Gasteiger partial charge in [0.05, 0.1) is 4.90 Å². The van der Waals surface area contributed by atoms with E-state index in [1.54, 1.807) is 17.0 Å². The second-order valence-electron chi connectivity index (χ2n) is 7.97. The summed E-state index contributed by atoms with van der Waals surface area (Å²) in [6.45, 7) is 5.99.